The van der Waals surface area contributed by atoms with Gasteiger partial charge in [-0.15, -0.1) is 0 Å². The topological polar surface area (TPSA) is 79.7 Å². The van der Waals surface area contributed by atoms with Crippen molar-refractivity contribution >= 4 is 17.3 Å². The zero-order valence-corrected chi connectivity index (χ0v) is 20.5. The van der Waals surface area contributed by atoms with Crippen molar-refractivity contribution in [1.82, 2.24) is 15.1 Å². The summed E-state index contributed by atoms with van der Waals surface area (Å²) in [6, 6.07) is 19.8. The number of hydrogen-bond donors (Lipinski definition) is 1. The van der Waals surface area contributed by atoms with Crippen LogP contribution in [0.5, 0.6) is 0 Å². The highest BCUT2D eigenvalue weighted by atomic mass is 16.5. The number of piperidine rings is 1. The molecule has 0 saturated carbocycles. The van der Waals surface area contributed by atoms with Crippen molar-refractivity contribution in [3.05, 3.63) is 88.3 Å². The molecule has 8 heteroatoms. The van der Waals surface area contributed by atoms with E-state index in [9.17, 15) is 9.59 Å². The molecule has 188 valence electrons. The Morgan fingerprint density at radius 1 is 0.944 bits per heavy atom. The standard InChI is InChI=1S/C28H33N5O3/c34-27-17-26(19-30-33(27)20-23-5-2-1-3-6-23)32-12-4-7-24(21-32)28(35)29-18-22-8-10-25(11-9-22)31-13-15-36-16-14-31/h1-3,5-6,8-11,17,19,24H,4,7,12-16,18,20-21H2,(H,29,35)/t24-/m0/s1. The zero-order valence-electron chi connectivity index (χ0n) is 20.5. The monoisotopic (exact) mass is 487 g/mol. The van der Waals surface area contributed by atoms with Crippen molar-refractivity contribution in [3.8, 4) is 0 Å². The molecule has 36 heavy (non-hydrogen) atoms. The molecule has 3 heterocycles. The van der Waals surface area contributed by atoms with Crippen LogP contribution in [0.4, 0.5) is 11.4 Å². The number of benzene rings is 2. The van der Waals surface area contributed by atoms with E-state index in [1.54, 1.807) is 12.3 Å². The van der Waals surface area contributed by atoms with E-state index in [-0.39, 0.29) is 17.4 Å². The van der Waals surface area contributed by atoms with Crippen LogP contribution < -0.4 is 20.7 Å². The smallest absolute Gasteiger partial charge is 0.269 e. The molecule has 3 aromatic rings. The van der Waals surface area contributed by atoms with Crippen molar-refractivity contribution in [3.63, 3.8) is 0 Å². The molecule has 0 bridgehead atoms. The van der Waals surface area contributed by atoms with Gasteiger partial charge in [-0.1, -0.05) is 42.5 Å². The van der Waals surface area contributed by atoms with Crippen LogP contribution in [-0.2, 0) is 22.6 Å². The van der Waals surface area contributed by atoms with E-state index in [0.717, 1.165) is 62.5 Å². The van der Waals surface area contributed by atoms with Crippen molar-refractivity contribution in [1.29, 1.82) is 0 Å². The average molecular weight is 488 g/mol. The number of amides is 1. The predicted octanol–water partition coefficient (Wildman–Crippen LogP) is 2.66. The second kappa shape index (κ2) is 11.4. The Hall–Kier alpha value is -3.65. The van der Waals surface area contributed by atoms with E-state index in [1.807, 2.05) is 30.3 Å². The molecule has 1 N–H and O–H groups in total. The highest BCUT2D eigenvalue weighted by Gasteiger charge is 2.26. The van der Waals surface area contributed by atoms with Crippen LogP contribution in [0.25, 0.3) is 0 Å². The van der Waals surface area contributed by atoms with Crippen LogP contribution in [0, 0.1) is 5.92 Å². The summed E-state index contributed by atoms with van der Waals surface area (Å²) in [5.41, 5.74) is 3.95. The van der Waals surface area contributed by atoms with Crippen LogP contribution in [-0.4, -0.2) is 55.1 Å². The quantitative estimate of drug-likeness (QED) is 0.552. The van der Waals surface area contributed by atoms with Gasteiger partial charge in [-0.2, -0.15) is 5.10 Å². The lowest BCUT2D eigenvalue weighted by atomic mass is 9.96. The minimum absolute atomic E-state index is 0.0577. The van der Waals surface area contributed by atoms with Crippen molar-refractivity contribution in [2.75, 3.05) is 49.2 Å². The molecule has 0 radical (unpaired) electrons. The van der Waals surface area contributed by atoms with Gasteiger partial charge in [-0.05, 0) is 36.1 Å². The molecule has 0 unspecified atom stereocenters. The van der Waals surface area contributed by atoms with E-state index in [2.05, 4.69) is 44.5 Å². The number of ether oxygens (including phenoxy) is 1. The maximum atomic E-state index is 12.9. The Morgan fingerprint density at radius 2 is 1.72 bits per heavy atom. The first kappa shape index (κ1) is 24.1. The van der Waals surface area contributed by atoms with Gasteiger partial charge in [0.25, 0.3) is 5.56 Å². The number of carbonyl (C=O) groups excluding carboxylic acids is 1. The number of aromatic nitrogens is 2. The average Bonchev–Trinajstić information content (AvgIpc) is 2.94. The van der Waals surface area contributed by atoms with Gasteiger partial charge in [0.1, 0.15) is 0 Å². The maximum Gasteiger partial charge on any atom is 0.269 e. The molecule has 2 fully saturated rings. The first-order valence-corrected chi connectivity index (χ1v) is 12.7. The van der Waals surface area contributed by atoms with Crippen LogP contribution in [0.15, 0.2) is 71.7 Å². The van der Waals surface area contributed by atoms with Crippen LogP contribution in [0.2, 0.25) is 0 Å². The Bertz CT molecular complexity index is 1210. The van der Waals surface area contributed by atoms with Crippen molar-refractivity contribution < 1.29 is 9.53 Å². The summed E-state index contributed by atoms with van der Waals surface area (Å²) in [5.74, 6) is -0.0551. The number of nitrogens with zero attached hydrogens (tertiary/aromatic N) is 4. The molecule has 1 aromatic heterocycles. The molecule has 2 aromatic carbocycles. The normalized spacial score (nSPS) is 18.2. The van der Waals surface area contributed by atoms with E-state index in [0.29, 0.717) is 19.6 Å². The Balaban J connectivity index is 1.15. The summed E-state index contributed by atoms with van der Waals surface area (Å²) >= 11 is 0. The minimum atomic E-state index is -0.136. The summed E-state index contributed by atoms with van der Waals surface area (Å²) in [6.45, 7) is 5.70. The van der Waals surface area contributed by atoms with Gasteiger partial charge in [0.2, 0.25) is 5.91 Å². The number of rotatable bonds is 7. The van der Waals surface area contributed by atoms with Gasteiger partial charge in [-0.3, -0.25) is 9.59 Å². The molecule has 0 spiro atoms. The fraction of sp³-hybridized carbons (Fsp3) is 0.393. The first-order chi connectivity index (χ1) is 17.7. The molecule has 0 aliphatic carbocycles. The predicted molar refractivity (Wildman–Crippen MR) is 140 cm³/mol. The van der Waals surface area contributed by atoms with Gasteiger partial charge >= 0.3 is 0 Å². The lowest BCUT2D eigenvalue weighted by Crippen LogP contribution is -2.43. The van der Waals surface area contributed by atoms with Gasteiger partial charge in [-0.25, -0.2) is 4.68 Å². The Labute approximate surface area is 211 Å². The molecule has 5 rings (SSSR count). The molecule has 8 nitrogen and oxygen atoms in total. The fourth-order valence-corrected chi connectivity index (χ4v) is 4.88. The Kier molecular flexibility index (Phi) is 7.61. The second-order valence-corrected chi connectivity index (χ2v) is 9.46. The SMILES string of the molecule is O=C(NCc1ccc(N2CCOCC2)cc1)[C@H]1CCCN(c2cnn(Cc3ccccc3)c(=O)c2)C1. The summed E-state index contributed by atoms with van der Waals surface area (Å²) in [5, 5.41) is 7.49. The lowest BCUT2D eigenvalue weighted by molar-refractivity contribution is -0.125. The van der Waals surface area contributed by atoms with Gasteiger partial charge < -0.3 is 19.9 Å². The highest BCUT2D eigenvalue weighted by Crippen LogP contribution is 2.22. The van der Waals surface area contributed by atoms with E-state index in [4.69, 9.17) is 4.74 Å². The van der Waals surface area contributed by atoms with Crippen molar-refractivity contribution in [2.45, 2.75) is 25.9 Å². The maximum absolute atomic E-state index is 12.9. The van der Waals surface area contributed by atoms with Crippen molar-refractivity contribution in [2.24, 2.45) is 5.92 Å². The molecule has 2 aliphatic rings. The summed E-state index contributed by atoms with van der Waals surface area (Å²) in [6.07, 6.45) is 3.48. The molecular weight excluding hydrogens is 454 g/mol. The molecular formula is C28H33N5O3. The van der Waals surface area contributed by atoms with Gasteiger partial charge in [0, 0.05) is 44.5 Å². The number of carbonyl (C=O) groups is 1. The highest BCUT2D eigenvalue weighted by molar-refractivity contribution is 5.79. The lowest BCUT2D eigenvalue weighted by Gasteiger charge is -2.33. The molecule has 1 amide bonds. The molecule has 2 aliphatic heterocycles. The third-order valence-electron chi connectivity index (χ3n) is 6.97. The third-order valence-corrected chi connectivity index (χ3v) is 6.97. The summed E-state index contributed by atoms with van der Waals surface area (Å²) < 4.78 is 6.89. The largest absolute Gasteiger partial charge is 0.378 e. The van der Waals surface area contributed by atoms with Crippen LogP contribution >= 0.6 is 0 Å². The van der Waals surface area contributed by atoms with Gasteiger partial charge in [0.15, 0.2) is 0 Å². The number of morpholine rings is 1. The fourth-order valence-electron chi connectivity index (χ4n) is 4.88. The number of anilines is 2. The number of nitrogens with one attached hydrogen (secondary N) is 1. The zero-order chi connectivity index (χ0) is 24.7. The molecule has 1 atom stereocenters. The summed E-state index contributed by atoms with van der Waals surface area (Å²) in [4.78, 5) is 30.0. The molecule has 2 saturated heterocycles. The summed E-state index contributed by atoms with van der Waals surface area (Å²) in [7, 11) is 0. The van der Waals surface area contributed by atoms with Gasteiger partial charge in [0.05, 0.1) is 37.6 Å². The minimum Gasteiger partial charge on any atom is -0.378 e. The van der Waals surface area contributed by atoms with Crippen LogP contribution in [0.1, 0.15) is 24.0 Å². The second-order valence-electron chi connectivity index (χ2n) is 9.46. The number of hydrogen-bond acceptors (Lipinski definition) is 6. The third kappa shape index (κ3) is 5.94. The van der Waals surface area contributed by atoms with E-state index < -0.39 is 0 Å². The first-order valence-electron chi connectivity index (χ1n) is 12.7. The van der Waals surface area contributed by atoms with E-state index in [1.165, 1.54) is 10.4 Å². The van der Waals surface area contributed by atoms with Crippen LogP contribution in [0.3, 0.4) is 0 Å². The van der Waals surface area contributed by atoms with E-state index >= 15 is 0 Å². The Morgan fingerprint density at radius 3 is 2.47 bits per heavy atom.